The molecule has 19 heavy (non-hydrogen) atoms. The van der Waals surface area contributed by atoms with Crippen LogP contribution in [0.3, 0.4) is 0 Å². The van der Waals surface area contributed by atoms with Gasteiger partial charge < -0.3 is 10.1 Å². The molecule has 0 saturated heterocycles. The van der Waals surface area contributed by atoms with Crippen molar-refractivity contribution >= 4 is 11.3 Å². The van der Waals surface area contributed by atoms with Crippen LogP contribution in [-0.4, -0.2) is 9.38 Å². The Morgan fingerprint density at radius 1 is 1.00 bits per heavy atom. The van der Waals surface area contributed by atoms with Gasteiger partial charge in [-0.25, -0.2) is 4.98 Å². The number of fused-ring (bicyclic) bond motifs is 1. The van der Waals surface area contributed by atoms with Crippen LogP contribution in [0.15, 0.2) is 36.7 Å². The molecule has 0 bridgehead atoms. The summed E-state index contributed by atoms with van der Waals surface area (Å²) in [6.45, 7) is 6.25. The summed E-state index contributed by atoms with van der Waals surface area (Å²) in [7, 11) is 0. The van der Waals surface area contributed by atoms with Crippen LogP contribution in [-0.2, 0) is 0 Å². The van der Waals surface area contributed by atoms with Crippen molar-refractivity contribution in [2.45, 2.75) is 20.8 Å². The van der Waals surface area contributed by atoms with Crippen LogP contribution in [0, 0.1) is 20.8 Å². The zero-order chi connectivity index (χ0) is 13.6. The summed E-state index contributed by atoms with van der Waals surface area (Å²) >= 11 is 0. The van der Waals surface area contributed by atoms with Gasteiger partial charge in [-0.1, -0.05) is 23.8 Å². The summed E-state index contributed by atoms with van der Waals surface area (Å²) in [6, 6.07) is 8.38. The minimum atomic E-state index is 0.759. The highest BCUT2D eigenvalue weighted by atomic mass is 15.0. The standard InChI is InChI=1S/C16H17N3/c1-10-4-5-14(11(2)6-10)15-9-19-8-13(17)7-12(3)16(19)18-15/h4-9H,17H2,1-3H3. The smallest absolute Gasteiger partial charge is 0.140 e. The molecule has 0 aliphatic heterocycles. The number of nitrogens with two attached hydrogens (primary N) is 1. The fraction of sp³-hybridized carbons (Fsp3) is 0.188. The van der Waals surface area contributed by atoms with Crippen molar-refractivity contribution < 1.29 is 0 Å². The normalized spacial score (nSPS) is 11.1. The van der Waals surface area contributed by atoms with E-state index in [2.05, 4.69) is 32.0 Å². The Morgan fingerprint density at radius 2 is 1.79 bits per heavy atom. The van der Waals surface area contributed by atoms with Crippen molar-refractivity contribution in [3.63, 3.8) is 0 Å². The van der Waals surface area contributed by atoms with E-state index in [-0.39, 0.29) is 0 Å². The summed E-state index contributed by atoms with van der Waals surface area (Å²) in [5.41, 5.74) is 13.4. The highest BCUT2D eigenvalue weighted by Crippen LogP contribution is 2.25. The highest BCUT2D eigenvalue weighted by Gasteiger charge is 2.09. The highest BCUT2D eigenvalue weighted by molar-refractivity contribution is 5.68. The van der Waals surface area contributed by atoms with Crippen molar-refractivity contribution in [2.24, 2.45) is 0 Å². The van der Waals surface area contributed by atoms with E-state index in [1.165, 1.54) is 16.7 Å². The second kappa shape index (κ2) is 4.12. The molecule has 0 fully saturated rings. The fourth-order valence-electron chi connectivity index (χ4n) is 2.53. The molecule has 2 aromatic heterocycles. The first-order valence-electron chi connectivity index (χ1n) is 6.37. The molecule has 3 aromatic rings. The van der Waals surface area contributed by atoms with Crippen LogP contribution in [0.1, 0.15) is 16.7 Å². The SMILES string of the molecule is Cc1ccc(-c2cn3cc(N)cc(C)c3n2)c(C)c1. The van der Waals surface area contributed by atoms with Crippen molar-refractivity contribution in [2.75, 3.05) is 5.73 Å². The molecule has 0 aliphatic rings. The lowest BCUT2D eigenvalue weighted by atomic mass is 10.0. The maximum Gasteiger partial charge on any atom is 0.140 e. The lowest BCUT2D eigenvalue weighted by Crippen LogP contribution is -1.92. The molecule has 0 amide bonds. The Hall–Kier alpha value is -2.29. The molecule has 0 atom stereocenters. The second-order valence-electron chi connectivity index (χ2n) is 5.13. The molecule has 2 N–H and O–H groups in total. The molecule has 0 aliphatic carbocycles. The average molecular weight is 251 g/mol. The van der Waals surface area contributed by atoms with Gasteiger partial charge in [0.15, 0.2) is 0 Å². The van der Waals surface area contributed by atoms with E-state index < -0.39 is 0 Å². The number of hydrogen-bond donors (Lipinski definition) is 1. The molecule has 3 heteroatoms. The van der Waals surface area contributed by atoms with Crippen LogP contribution >= 0.6 is 0 Å². The van der Waals surface area contributed by atoms with E-state index in [9.17, 15) is 0 Å². The van der Waals surface area contributed by atoms with Crippen molar-refractivity contribution in [3.05, 3.63) is 53.3 Å². The zero-order valence-corrected chi connectivity index (χ0v) is 11.4. The summed E-state index contributed by atoms with van der Waals surface area (Å²) in [5, 5.41) is 0. The van der Waals surface area contributed by atoms with E-state index in [1.54, 1.807) is 0 Å². The van der Waals surface area contributed by atoms with E-state index in [0.717, 1.165) is 22.6 Å². The topological polar surface area (TPSA) is 43.3 Å². The van der Waals surface area contributed by atoms with Gasteiger partial charge >= 0.3 is 0 Å². The number of aromatic nitrogens is 2. The molecule has 0 radical (unpaired) electrons. The van der Waals surface area contributed by atoms with Crippen LogP contribution in [0.4, 0.5) is 5.69 Å². The molecule has 96 valence electrons. The van der Waals surface area contributed by atoms with Crippen molar-refractivity contribution in [1.29, 1.82) is 0 Å². The Bertz CT molecular complexity index is 769. The van der Waals surface area contributed by atoms with Crippen LogP contribution in [0.25, 0.3) is 16.9 Å². The molecule has 3 rings (SSSR count). The van der Waals surface area contributed by atoms with Crippen LogP contribution in [0.5, 0.6) is 0 Å². The summed E-state index contributed by atoms with van der Waals surface area (Å²) in [4.78, 5) is 4.72. The molecular weight excluding hydrogens is 234 g/mol. The Labute approximate surface area is 112 Å². The second-order valence-corrected chi connectivity index (χ2v) is 5.13. The number of pyridine rings is 1. The Morgan fingerprint density at radius 3 is 2.53 bits per heavy atom. The number of hydrogen-bond acceptors (Lipinski definition) is 2. The van der Waals surface area contributed by atoms with E-state index in [0.29, 0.717) is 0 Å². The Kier molecular flexibility index (Phi) is 2.56. The lowest BCUT2D eigenvalue weighted by molar-refractivity contribution is 1.17. The molecule has 0 spiro atoms. The average Bonchev–Trinajstić information content (AvgIpc) is 2.72. The first kappa shape index (κ1) is 11.8. The number of nitrogens with zero attached hydrogens (tertiary/aromatic N) is 2. The monoisotopic (exact) mass is 251 g/mol. The van der Waals surface area contributed by atoms with Gasteiger partial charge in [0.25, 0.3) is 0 Å². The number of aryl methyl sites for hydroxylation is 3. The predicted octanol–water partition coefficient (Wildman–Crippen LogP) is 3.51. The van der Waals surface area contributed by atoms with Crippen molar-refractivity contribution in [1.82, 2.24) is 9.38 Å². The maximum absolute atomic E-state index is 5.87. The molecule has 3 nitrogen and oxygen atoms in total. The minimum absolute atomic E-state index is 0.759. The van der Waals surface area contributed by atoms with Crippen molar-refractivity contribution in [3.8, 4) is 11.3 Å². The third-order valence-electron chi connectivity index (χ3n) is 3.41. The van der Waals surface area contributed by atoms with E-state index >= 15 is 0 Å². The van der Waals surface area contributed by atoms with Gasteiger partial charge in [-0.2, -0.15) is 0 Å². The first-order valence-corrected chi connectivity index (χ1v) is 6.37. The predicted molar refractivity (Wildman–Crippen MR) is 79.3 cm³/mol. The van der Waals surface area contributed by atoms with Crippen LogP contribution in [0.2, 0.25) is 0 Å². The van der Waals surface area contributed by atoms with Gasteiger partial charge in [0.1, 0.15) is 5.65 Å². The first-order chi connectivity index (χ1) is 9.04. The molecule has 2 heterocycles. The lowest BCUT2D eigenvalue weighted by Gasteiger charge is -2.02. The third-order valence-corrected chi connectivity index (χ3v) is 3.41. The molecule has 1 aromatic carbocycles. The summed E-state index contributed by atoms with van der Waals surface area (Å²) < 4.78 is 2.00. The molecular formula is C16H17N3. The number of benzene rings is 1. The van der Waals surface area contributed by atoms with Gasteiger partial charge in [0, 0.05) is 23.6 Å². The van der Waals surface area contributed by atoms with Gasteiger partial charge in [0.2, 0.25) is 0 Å². The van der Waals surface area contributed by atoms with Gasteiger partial charge in [-0.05, 0) is 38.0 Å². The van der Waals surface area contributed by atoms with E-state index in [1.807, 2.05) is 29.8 Å². The molecule has 0 saturated carbocycles. The maximum atomic E-state index is 5.87. The van der Waals surface area contributed by atoms with Gasteiger partial charge in [-0.3, -0.25) is 0 Å². The molecule has 0 unspecified atom stereocenters. The number of anilines is 1. The summed E-state index contributed by atoms with van der Waals surface area (Å²) in [6.07, 6.45) is 3.94. The summed E-state index contributed by atoms with van der Waals surface area (Å²) in [5.74, 6) is 0. The van der Waals surface area contributed by atoms with Gasteiger partial charge in [0.05, 0.1) is 5.69 Å². The zero-order valence-electron chi connectivity index (χ0n) is 11.4. The minimum Gasteiger partial charge on any atom is -0.398 e. The Balaban J connectivity index is 2.23. The van der Waals surface area contributed by atoms with Crippen LogP contribution < -0.4 is 5.73 Å². The third kappa shape index (κ3) is 1.97. The fourth-order valence-corrected chi connectivity index (χ4v) is 2.53. The largest absolute Gasteiger partial charge is 0.398 e. The van der Waals surface area contributed by atoms with Gasteiger partial charge in [-0.15, -0.1) is 0 Å². The quantitative estimate of drug-likeness (QED) is 0.719. The number of nitrogen functional groups attached to an aromatic ring is 1. The number of rotatable bonds is 1. The van der Waals surface area contributed by atoms with E-state index in [4.69, 9.17) is 10.7 Å². The number of imidazole rings is 1.